The third-order valence-corrected chi connectivity index (χ3v) is 17.5. The van der Waals surface area contributed by atoms with Crippen molar-refractivity contribution in [2.24, 2.45) is 0 Å². The fraction of sp³-hybridized carbons (Fsp3) is 0.328. The monoisotopic (exact) mass is 1190 g/mol. The fourth-order valence-electron chi connectivity index (χ4n) is 9.89. The van der Waals surface area contributed by atoms with Gasteiger partial charge in [-0.25, -0.2) is 22.4 Å². The highest BCUT2D eigenvalue weighted by atomic mass is 79.9. The summed E-state index contributed by atoms with van der Waals surface area (Å²) in [6.45, 7) is 9.15. The van der Waals surface area contributed by atoms with Crippen molar-refractivity contribution in [3.8, 4) is 0 Å². The standard InChI is InChI=1S/C29H29F2N3OS.C20H26N2O3.C15H13BrF2S/c30-23-9-5-20(6-10-23)28(21-7-11-24(31)12-8-21)36-18-15-32-25-13-16-34(17-14-25)29(35)27-19-22-3-1-2-4-26(22)33-27;1-20(2,3)25-19(24)21-17-8-10-22(11-9-17)18(23)16-12-14-6-4-5-7-15(14)13-16;16-9-10-19-15(11-1-5-13(17)6-2-11)12-3-7-14(18)8-4-12/h1-12,19,25,28,32-33H,13-18H2;4-7,12,17H,8-11,13H2,1-3H3,(H,21,24);1-8,15H,9-10H2. The summed E-state index contributed by atoms with van der Waals surface area (Å²) in [4.78, 5) is 44.6. The van der Waals surface area contributed by atoms with Crippen molar-refractivity contribution in [3.63, 3.8) is 0 Å². The number of amides is 3. The summed E-state index contributed by atoms with van der Waals surface area (Å²) < 4.78 is 58.2. The Balaban J connectivity index is 0.000000167. The molecule has 1 aliphatic carbocycles. The number of alkyl carbamates (subject to hydrolysis) is 1. The van der Waals surface area contributed by atoms with Gasteiger partial charge in [0.15, 0.2) is 0 Å². The van der Waals surface area contributed by atoms with E-state index in [4.69, 9.17) is 4.74 Å². The molecule has 0 unspecified atom stereocenters. The maximum absolute atomic E-state index is 13.4. The van der Waals surface area contributed by atoms with E-state index in [1.54, 1.807) is 72.1 Å². The topological polar surface area (TPSA) is 107 Å². The van der Waals surface area contributed by atoms with Crippen molar-refractivity contribution in [1.82, 2.24) is 25.4 Å². The van der Waals surface area contributed by atoms with Crippen molar-refractivity contribution in [3.05, 3.63) is 220 Å². The largest absolute Gasteiger partial charge is 0.444 e. The second kappa shape index (κ2) is 28.9. The van der Waals surface area contributed by atoms with Crippen LogP contribution in [0.1, 0.15) is 101 Å². The second-order valence-corrected chi connectivity index (χ2v) is 24.2. The van der Waals surface area contributed by atoms with E-state index in [1.807, 2.05) is 85.2 Å². The van der Waals surface area contributed by atoms with Gasteiger partial charge in [0.2, 0.25) is 5.91 Å². The molecule has 3 N–H and O–H groups in total. The van der Waals surface area contributed by atoms with Gasteiger partial charge in [0.25, 0.3) is 5.91 Å². The lowest BCUT2D eigenvalue weighted by molar-refractivity contribution is -0.128. The number of carbonyl (C=O) groups is 3. The summed E-state index contributed by atoms with van der Waals surface area (Å²) in [5, 5.41) is 8.57. The minimum absolute atomic E-state index is 0.00350. The molecular weight excluding hydrogens is 1120 g/mol. The molecule has 9 nitrogen and oxygen atoms in total. The van der Waals surface area contributed by atoms with Gasteiger partial charge < -0.3 is 30.2 Å². The summed E-state index contributed by atoms with van der Waals surface area (Å²) >= 11 is 6.91. The number of thioether (sulfide) groups is 2. The van der Waals surface area contributed by atoms with Crippen LogP contribution in [0.3, 0.4) is 0 Å². The molecule has 10 rings (SSSR count). The summed E-state index contributed by atoms with van der Waals surface area (Å²) in [6, 6.07) is 44.4. The maximum atomic E-state index is 13.4. The van der Waals surface area contributed by atoms with Crippen LogP contribution < -0.4 is 10.6 Å². The first kappa shape index (κ1) is 59.8. The smallest absolute Gasteiger partial charge is 0.407 e. The molecule has 0 atom stereocenters. The van der Waals surface area contributed by atoms with Crippen LogP contribution in [0, 0.1) is 23.3 Å². The number of rotatable bonds is 15. The third kappa shape index (κ3) is 17.3. The van der Waals surface area contributed by atoms with Gasteiger partial charge in [-0.1, -0.05) is 107 Å². The number of para-hydroxylation sites is 1. The molecular formula is C64H68BrF4N5O4S2. The van der Waals surface area contributed by atoms with E-state index in [0.29, 0.717) is 31.2 Å². The van der Waals surface area contributed by atoms with Gasteiger partial charge in [-0.05, 0) is 147 Å². The normalized spacial score (nSPS) is 14.7. The van der Waals surface area contributed by atoms with Crippen LogP contribution in [0.4, 0.5) is 22.4 Å². The van der Waals surface area contributed by atoms with Crippen LogP contribution in [-0.4, -0.2) is 99.9 Å². The number of ether oxygens (including phenoxy) is 1. The molecule has 1 aromatic heterocycles. The highest BCUT2D eigenvalue weighted by Gasteiger charge is 2.29. The van der Waals surface area contributed by atoms with Crippen molar-refractivity contribution in [1.29, 1.82) is 0 Å². The number of benzene rings is 6. The molecule has 3 amide bonds. The molecule has 420 valence electrons. The number of halogens is 5. The molecule has 0 saturated carbocycles. The average Bonchev–Trinajstić information content (AvgIpc) is 4.10. The molecule has 0 radical (unpaired) electrons. The van der Waals surface area contributed by atoms with E-state index in [1.165, 1.54) is 54.1 Å². The molecule has 0 spiro atoms. The second-order valence-electron chi connectivity index (χ2n) is 20.9. The van der Waals surface area contributed by atoms with Gasteiger partial charge >= 0.3 is 6.09 Å². The zero-order chi connectivity index (χ0) is 56.6. The number of hydrogen-bond acceptors (Lipinski definition) is 7. The summed E-state index contributed by atoms with van der Waals surface area (Å²) in [5.74, 6) is 0.940. The maximum Gasteiger partial charge on any atom is 0.407 e. The summed E-state index contributed by atoms with van der Waals surface area (Å²) in [7, 11) is 0. The first-order valence-electron chi connectivity index (χ1n) is 27.1. The Bertz CT molecular complexity index is 3030. The zero-order valence-corrected chi connectivity index (χ0v) is 48.5. The van der Waals surface area contributed by atoms with Crippen molar-refractivity contribution in [2.45, 2.75) is 81.1 Å². The number of nitrogens with one attached hydrogen (secondary N) is 3. The molecule has 2 aliphatic heterocycles. The number of carbonyl (C=O) groups excluding carboxylic acids is 3. The van der Waals surface area contributed by atoms with E-state index in [9.17, 15) is 31.9 Å². The van der Waals surface area contributed by atoms with Crippen LogP contribution in [0.2, 0.25) is 0 Å². The number of piperidine rings is 2. The Morgan fingerprint density at radius 1 is 0.625 bits per heavy atom. The first-order valence-corrected chi connectivity index (χ1v) is 30.3. The number of likely N-dealkylation sites (tertiary alicyclic amines) is 2. The van der Waals surface area contributed by atoms with Gasteiger partial charge in [0.1, 0.15) is 34.6 Å². The third-order valence-electron chi connectivity index (χ3n) is 14.0. The molecule has 7 aromatic rings. The number of aromatic nitrogens is 1. The molecule has 2 fully saturated rings. The van der Waals surface area contributed by atoms with Crippen molar-refractivity contribution in [2.75, 3.05) is 49.6 Å². The zero-order valence-electron chi connectivity index (χ0n) is 45.2. The number of aromatic amines is 1. The number of fused-ring (bicyclic) bond motifs is 2. The Labute approximate surface area is 483 Å². The van der Waals surface area contributed by atoms with Gasteiger partial charge in [-0.15, -0.1) is 23.5 Å². The SMILES string of the molecule is CC(C)(C)OC(=O)NC1CCN(C(=O)C2=Cc3ccccc3C2)CC1.Fc1ccc(C(SCCBr)c2ccc(F)cc2)cc1.O=C(c1cc2ccccc2[nH]1)N1CCC(NCCSC(c2ccc(F)cc2)c2ccc(F)cc2)CC1. The van der Waals surface area contributed by atoms with E-state index < -0.39 is 5.60 Å². The lowest BCUT2D eigenvalue weighted by Gasteiger charge is -2.33. The molecule has 2 saturated heterocycles. The number of H-pyrrole nitrogens is 1. The Morgan fingerprint density at radius 2 is 1.09 bits per heavy atom. The van der Waals surface area contributed by atoms with E-state index in [2.05, 4.69) is 37.6 Å². The average molecular weight is 1190 g/mol. The number of nitrogens with zero attached hydrogens (tertiary/aromatic N) is 2. The number of hydrogen-bond donors (Lipinski definition) is 3. The minimum Gasteiger partial charge on any atom is -0.444 e. The van der Waals surface area contributed by atoms with Crippen LogP contribution in [0.5, 0.6) is 0 Å². The van der Waals surface area contributed by atoms with Crippen molar-refractivity contribution >= 4 is 74.3 Å². The van der Waals surface area contributed by atoms with Crippen molar-refractivity contribution < 1.29 is 36.7 Å². The molecule has 3 heterocycles. The Morgan fingerprint density at radius 3 is 1.57 bits per heavy atom. The summed E-state index contributed by atoms with van der Waals surface area (Å²) in [6.07, 6.45) is 5.67. The van der Waals surface area contributed by atoms with E-state index in [-0.39, 0.29) is 57.7 Å². The van der Waals surface area contributed by atoms with Gasteiger partial charge in [-0.2, -0.15) is 0 Å². The van der Waals surface area contributed by atoms with Crippen LogP contribution in [0.25, 0.3) is 17.0 Å². The van der Waals surface area contributed by atoms with Gasteiger partial charge in [0, 0.05) is 84.5 Å². The highest BCUT2D eigenvalue weighted by molar-refractivity contribution is 9.09. The lowest BCUT2D eigenvalue weighted by Crippen LogP contribution is -2.47. The Hall–Kier alpha value is -6.33. The number of alkyl halides is 1. The van der Waals surface area contributed by atoms with Gasteiger partial charge in [-0.3, -0.25) is 9.59 Å². The lowest BCUT2D eigenvalue weighted by atomic mass is 10.0. The molecule has 16 heteroatoms. The van der Waals surface area contributed by atoms with Crippen LogP contribution in [-0.2, 0) is 16.0 Å². The van der Waals surface area contributed by atoms with E-state index >= 15 is 0 Å². The summed E-state index contributed by atoms with van der Waals surface area (Å²) in [5.41, 5.74) is 8.40. The molecule has 80 heavy (non-hydrogen) atoms. The first-order chi connectivity index (χ1) is 38.6. The van der Waals surface area contributed by atoms with Crippen LogP contribution in [0.15, 0.2) is 157 Å². The highest BCUT2D eigenvalue weighted by Crippen LogP contribution is 2.37. The fourth-order valence-corrected chi connectivity index (χ4v) is 12.6. The minimum atomic E-state index is -0.495. The Kier molecular flexibility index (Phi) is 21.6. The molecule has 3 aliphatic rings. The van der Waals surface area contributed by atoms with Gasteiger partial charge in [0.05, 0.1) is 10.5 Å². The predicted octanol–water partition coefficient (Wildman–Crippen LogP) is 14.5. The molecule has 6 aromatic carbocycles. The molecule has 0 bridgehead atoms. The van der Waals surface area contributed by atoms with Crippen LogP contribution >= 0.6 is 39.5 Å². The predicted molar refractivity (Wildman–Crippen MR) is 320 cm³/mol. The van der Waals surface area contributed by atoms with E-state index in [0.717, 1.165) is 106 Å². The quantitative estimate of drug-likeness (QED) is 0.0533.